The molecule has 2 heterocycles. The fourth-order valence-corrected chi connectivity index (χ4v) is 4.00. The van der Waals surface area contributed by atoms with E-state index in [0.29, 0.717) is 11.8 Å². The van der Waals surface area contributed by atoms with Crippen molar-refractivity contribution in [3.63, 3.8) is 0 Å². The molecule has 0 radical (unpaired) electrons. The third kappa shape index (κ3) is 2.83. The molecule has 0 unspecified atom stereocenters. The number of amides is 1. The van der Waals surface area contributed by atoms with E-state index in [-0.39, 0.29) is 12.0 Å². The van der Waals surface area contributed by atoms with Crippen molar-refractivity contribution in [1.29, 1.82) is 0 Å². The normalized spacial score (nSPS) is 25.9. The first-order valence-electron chi connectivity index (χ1n) is 8.87. The molecule has 0 spiro atoms. The van der Waals surface area contributed by atoms with Crippen molar-refractivity contribution in [2.45, 2.75) is 51.6 Å². The molecule has 5 nitrogen and oxygen atoms in total. The topological polar surface area (TPSA) is 51.0 Å². The number of carbonyl (C=O) groups excluding carboxylic acids is 1. The fourth-order valence-electron chi connectivity index (χ4n) is 4.00. The molecule has 1 saturated heterocycles. The number of carbonyl (C=O) groups is 1. The second-order valence-electron chi connectivity index (χ2n) is 7.08. The van der Waals surface area contributed by atoms with Gasteiger partial charge in [-0.25, -0.2) is 9.67 Å². The standard InChI is InChI=1S/C19H24N4O/c1-13-20-14(2)23(21-13)12-16-9-6-10-22(16)19(24)18-11-17(18)15-7-4-3-5-8-15/h3-5,7-8,16-18H,6,9-12H2,1-2H3/t16-,17+,18-/m0/s1. The molecular formula is C19H24N4O. The van der Waals surface area contributed by atoms with Crippen LogP contribution >= 0.6 is 0 Å². The van der Waals surface area contributed by atoms with Gasteiger partial charge in [0.1, 0.15) is 11.6 Å². The first-order valence-corrected chi connectivity index (χ1v) is 8.87. The Morgan fingerprint density at radius 1 is 1.25 bits per heavy atom. The molecule has 1 saturated carbocycles. The number of nitrogens with zero attached hydrogens (tertiary/aromatic N) is 4. The molecule has 24 heavy (non-hydrogen) atoms. The van der Waals surface area contributed by atoms with Crippen molar-refractivity contribution < 1.29 is 4.79 Å². The predicted octanol–water partition coefficient (Wildman–Crippen LogP) is 2.69. The minimum atomic E-state index is 0.173. The summed E-state index contributed by atoms with van der Waals surface area (Å²) in [4.78, 5) is 19.4. The Kier molecular flexibility index (Phi) is 3.87. The average molecular weight is 324 g/mol. The highest BCUT2D eigenvalue weighted by Gasteiger charge is 2.47. The summed E-state index contributed by atoms with van der Waals surface area (Å²) < 4.78 is 1.95. The molecule has 1 aliphatic carbocycles. The third-order valence-electron chi connectivity index (χ3n) is 5.34. The molecule has 3 atom stereocenters. The van der Waals surface area contributed by atoms with Crippen molar-refractivity contribution in [2.75, 3.05) is 6.54 Å². The maximum atomic E-state index is 13.0. The molecule has 2 aliphatic rings. The van der Waals surface area contributed by atoms with Crippen molar-refractivity contribution >= 4 is 5.91 Å². The summed E-state index contributed by atoms with van der Waals surface area (Å²) in [6, 6.07) is 10.7. The molecule has 5 heteroatoms. The van der Waals surface area contributed by atoms with Crippen LogP contribution < -0.4 is 0 Å². The van der Waals surface area contributed by atoms with Crippen molar-refractivity contribution in [1.82, 2.24) is 19.7 Å². The van der Waals surface area contributed by atoms with Crippen LogP contribution in [0.2, 0.25) is 0 Å². The Morgan fingerprint density at radius 2 is 2.04 bits per heavy atom. The van der Waals surface area contributed by atoms with E-state index >= 15 is 0 Å². The summed E-state index contributed by atoms with van der Waals surface area (Å²) in [5, 5.41) is 4.46. The summed E-state index contributed by atoms with van der Waals surface area (Å²) >= 11 is 0. The lowest BCUT2D eigenvalue weighted by atomic mass is 10.1. The van der Waals surface area contributed by atoms with Gasteiger partial charge in [0.05, 0.1) is 12.6 Å². The molecular weight excluding hydrogens is 300 g/mol. The lowest BCUT2D eigenvalue weighted by molar-refractivity contribution is -0.133. The molecule has 126 valence electrons. The lowest BCUT2D eigenvalue weighted by Crippen LogP contribution is -2.39. The van der Waals surface area contributed by atoms with Crippen molar-refractivity contribution in [3.05, 3.63) is 47.5 Å². The van der Waals surface area contributed by atoms with E-state index in [2.05, 4.69) is 39.2 Å². The van der Waals surface area contributed by atoms with Gasteiger partial charge in [-0.2, -0.15) is 5.10 Å². The van der Waals surface area contributed by atoms with Gasteiger partial charge in [-0.05, 0) is 44.6 Å². The Morgan fingerprint density at radius 3 is 2.75 bits per heavy atom. The summed E-state index contributed by atoms with van der Waals surface area (Å²) in [5.41, 5.74) is 1.30. The summed E-state index contributed by atoms with van der Waals surface area (Å²) in [5.74, 6) is 2.65. The van der Waals surface area contributed by atoms with Gasteiger partial charge in [0.15, 0.2) is 0 Å². The first kappa shape index (κ1) is 15.4. The number of hydrogen-bond acceptors (Lipinski definition) is 3. The predicted molar refractivity (Wildman–Crippen MR) is 91.5 cm³/mol. The highest BCUT2D eigenvalue weighted by molar-refractivity contribution is 5.83. The SMILES string of the molecule is Cc1nc(C)n(C[C@@H]2CCCN2C(=O)[C@H]2C[C@@H]2c2ccccc2)n1. The van der Waals surface area contributed by atoms with Crippen LogP contribution in [0.4, 0.5) is 0 Å². The highest BCUT2D eigenvalue weighted by atomic mass is 16.2. The highest BCUT2D eigenvalue weighted by Crippen LogP contribution is 2.49. The fraction of sp³-hybridized carbons (Fsp3) is 0.526. The maximum absolute atomic E-state index is 13.0. The van der Waals surface area contributed by atoms with Crippen LogP contribution in [-0.2, 0) is 11.3 Å². The second kappa shape index (κ2) is 6.04. The Bertz CT molecular complexity index is 739. The molecule has 2 fully saturated rings. The van der Waals surface area contributed by atoms with Gasteiger partial charge < -0.3 is 4.90 Å². The molecule has 4 rings (SSSR count). The Hall–Kier alpha value is -2.17. The van der Waals surface area contributed by atoms with Crippen LogP contribution in [0.1, 0.15) is 42.4 Å². The molecule has 0 bridgehead atoms. The minimum absolute atomic E-state index is 0.173. The zero-order chi connectivity index (χ0) is 16.7. The zero-order valence-corrected chi connectivity index (χ0v) is 14.4. The molecule has 1 aromatic carbocycles. The smallest absolute Gasteiger partial charge is 0.226 e. The maximum Gasteiger partial charge on any atom is 0.226 e. The number of likely N-dealkylation sites (tertiary alicyclic amines) is 1. The van der Waals surface area contributed by atoms with E-state index in [0.717, 1.165) is 44.0 Å². The molecule has 1 aliphatic heterocycles. The van der Waals surface area contributed by atoms with Crippen LogP contribution in [0.15, 0.2) is 30.3 Å². The van der Waals surface area contributed by atoms with E-state index in [1.165, 1.54) is 5.56 Å². The molecule has 0 N–H and O–H groups in total. The van der Waals surface area contributed by atoms with Crippen molar-refractivity contribution in [2.24, 2.45) is 5.92 Å². The van der Waals surface area contributed by atoms with Gasteiger partial charge in [-0.1, -0.05) is 30.3 Å². The van der Waals surface area contributed by atoms with Crippen LogP contribution in [0.5, 0.6) is 0 Å². The average Bonchev–Trinajstić information content (AvgIpc) is 3.15. The quantitative estimate of drug-likeness (QED) is 0.869. The lowest BCUT2D eigenvalue weighted by Gasteiger charge is -2.25. The number of aromatic nitrogens is 3. The second-order valence-corrected chi connectivity index (χ2v) is 7.08. The third-order valence-corrected chi connectivity index (χ3v) is 5.34. The Balaban J connectivity index is 1.44. The van der Waals surface area contributed by atoms with Gasteiger partial charge in [0.25, 0.3) is 0 Å². The number of rotatable bonds is 4. The van der Waals surface area contributed by atoms with Crippen LogP contribution in [0.25, 0.3) is 0 Å². The van der Waals surface area contributed by atoms with Gasteiger partial charge in [-0.3, -0.25) is 4.79 Å². The minimum Gasteiger partial charge on any atom is -0.338 e. The molecule has 1 aromatic heterocycles. The zero-order valence-electron chi connectivity index (χ0n) is 14.4. The van der Waals surface area contributed by atoms with Crippen molar-refractivity contribution in [3.8, 4) is 0 Å². The van der Waals surface area contributed by atoms with E-state index in [1.54, 1.807) is 0 Å². The first-order chi connectivity index (χ1) is 11.6. The molecule has 2 aromatic rings. The monoisotopic (exact) mass is 324 g/mol. The largest absolute Gasteiger partial charge is 0.338 e. The van der Waals surface area contributed by atoms with Crippen LogP contribution in [-0.4, -0.2) is 38.2 Å². The summed E-state index contributed by atoms with van der Waals surface area (Å²) in [6.45, 7) is 5.54. The van der Waals surface area contributed by atoms with Gasteiger partial charge in [0, 0.05) is 12.5 Å². The van der Waals surface area contributed by atoms with E-state index < -0.39 is 0 Å². The van der Waals surface area contributed by atoms with Gasteiger partial charge >= 0.3 is 0 Å². The Labute approximate surface area is 142 Å². The van der Waals surface area contributed by atoms with Crippen LogP contribution in [0.3, 0.4) is 0 Å². The number of hydrogen-bond donors (Lipinski definition) is 0. The molecule has 1 amide bonds. The number of benzene rings is 1. The van der Waals surface area contributed by atoms with E-state index in [1.807, 2.05) is 24.6 Å². The van der Waals surface area contributed by atoms with E-state index in [9.17, 15) is 4.79 Å². The van der Waals surface area contributed by atoms with Gasteiger partial charge in [0.2, 0.25) is 5.91 Å². The van der Waals surface area contributed by atoms with Crippen LogP contribution in [0, 0.1) is 19.8 Å². The summed E-state index contributed by atoms with van der Waals surface area (Å²) in [6.07, 6.45) is 3.15. The van der Waals surface area contributed by atoms with E-state index in [4.69, 9.17) is 0 Å². The van der Waals surface area contributed by atoms with Gasteiger partial charge in [-0.15, -0.1) is 0 Å². The number of aryl methyl sites for hydroxylation is 2. The summed E-state index contributed by atoms with van der Waals surface area (Å²) in [7, 11) is 0.